The molecule has 0 bridgehead atoms. The van der Waals surface area contributed by atoms with Gasteiger partial charge in [-0.3, -0.25) is 0 Å². The van der Waals surface area contributed by atoms with Gasteiger partial charge in [-0.15, -0.1) is 0 Å². The van der Waals surface area contributed by atoms with E-state index in [0.717, 1.165) is 12.8 Å². The van der Waals surface area contributed by atoms with Gasteiger partial charge in [-0.2, -0.15) is 0 Å². The molecule has 0 aliphatic rings. The van der Waals surface area contributed by atoms with Crippen LogP contribution in [-0.2, 0) is 4.74 Å². The second-order valence-electron chi connectivity index (χ2n) is 4.38. The van der Waals surface area contributed by atoms with Gasteiger partial charge in [0.05, 0.1) is 18.5 Å². The highest BCUT2D eigenvalue weighted by Crippen LogP contribution is 2.06. The monoisotopic (exact) mass is 250 g/mol. The SMILES string of the molecule is CCCCCCCCOC(=O)c1ccc(N)cn1. The lowest BCUT2D eigenvalue weighted by atomic mass is 10.1. The molecule has 0 saturated carbocycles. The van der Waals surface area contributed by atoms with Crippen LogP contribution in [0.4, 0.5) is 5.69 Å². The molecular formula is C14H22N2O2. The maximum absolute atomic E-state index is 11.6. The van der Waals surface area contributed by atoms with Gasteiger partial charge in [0.2, 0.25) is 0 Å². The minimum absolute atomic E-state index is 0.315. The minimum atomic E-state index is -0.372. The fourth-order valence-corrected chi connectivity index (χ4v) is 1.65. The second-order valence-corrected chi connectivity index (χ2v) is 4.38. The smallest absolute Gasteiger partial charge is 0.356 e. The molecule has 0 radical (unpaired) electrons. The molecular weight excluding hydrogens is 228 g/mol. The van der Waals surface area contributed by atoms with Crippen molar-refractivity contribution in [2.45, 2.75) is 45.4 Å². The van der Waals surface area contributed by atoms with Crippen LogP contribution in [-0.4, -0.2) is 17.6 Å². The summed E-state index contributed by atoms with van der Waals surface area (Å²) in [5.74, 6) is -0.372. The number of hydrogen-bond donors (Lipinski definition) is 1. The molecule has 0 spiro atoms. The van der Waals surface area contributed by atoms with E-state index in [4.69, 9.17) is 10.5 Å². The highest BCUT2D eigenvalue weighted by molar-refractivity contribution is 5.87. The average molecular weight is 250 g/mol. The van der Waals surface area contributed by atoms with E-state index in [9.17, 15) is 4.79 Å². The molecule has 1 aromatic rings. The molecule has 0 saturated heterocycles. The minimum Gasteiger partial charge on any atom is -0.461 e. The Morgan fingerprint density at radius 1 is 1.22 bits per heavy atom. The summed E-state index contributed by atoms with van der Waals surface area (Å²) >= 11 is 0. The van der Waals surface area contributed by atoms with Crippen molar-refractivity contribution in [3.05, 3.63) is 24.0 Å². The quantitative estimate of drug-likeness (QED) is 0.568. The summed E-state index contributed by atoms with van der Waals surface area (Å²) in [6.07, 6.45) is 8.51. The van der Waals surface area contributed by atoms with E-state index in [1.807, 2.05) is 0 Å². The maximum atomic E-state index is 11.6. The Bertz CT molecular complexity index is 349. The highest BCUT2D eigenvalue weighted by atomic mass is 16.5. The molecule has 1 heterocycles. The van der Waals surface area contributed by atoms with Crippen LogP contribution in [0, 0.1) is 0 Å². The van der Waals surface area contributed by atoms with Gasteiger partial charge in [0.25, 0.3) is 0 Å². The summed E-state index contributed by atoms with van der Waals surface area (Å²) in [5.41, 5.74) is 6.35. The summed E-state index contributed by atoms with van der Waals surface area (Å²) in [5, 5.41) is 0. The van der Waals surface area contributed by atoms with Crippen molar-refractivity contribution >= 4 is 11.7 Å². The van der Waals surface area contributed by atoms with E-state index in [2.05, 4.69) is 11.9 Å². The number of pyridine rings is 1. The fourth-order valence-electron chi connectivity index (χ4n) is 1.65. The zero-order chi connectivity index (χ0) is 13.2. The summed E-state index contributed by atoms with van der Waals surface area (Å²) in [6.45, 7) is 2.67. The lowest BCUT2D eigenvalue weighted by Crippen LogP contribution is -2.08. The Morgan fingerprint density at radius 2 is 1.94 bits per heavy atom. The molecule has 1 aromatic heterocycles. The number of ether oxygens (including phenoxy) is 1. The first-order valence-electron chi connectivity index (χ1n) is 6.62. The van der Waals surface area contributed by atoms with Crippen LogP contribution >= 0.6 is 0 Å². The topological polar surface area (TPSA) is 65.2 Å². The average Bonchev–Trinajstić information content (AvgIpc) is 2.38. The van der Waals surface area contributed by atoms with Crippen molar-refractivity contribution in [2.24, 2.45) is 0 Å². The number of unbranched alkanes of at least 4 members (excludes halogenated alkanes) is 5. The van der Waals surface area contributed by atoms with E-state index < -0.39 is 0 Å². The van der Waals surface area contributed by atoms with Gasteiger partial charge in [0, 0.05) is 0 Å². The Kier molecular flexibility index (Phi) is 6.84. The van der Waals surface area contributed by atoms with Crippen LogP contribution in [0.3, 0.4) is 0 Å². The van der Waals surface area contributed by atoms with Crippen molar-refractivity contribution < 1.29 is 9.53 Å². The number of carbonyl (C=O) groups excluding carboxylic acids is 1. The van der Waals surface area contributed by atoms with Crippen molar-refractivity contribution in [1.29, 1.82) is 0 Å². The van der Waals surface area contributed by atoms with Gasteiger partial charge in [-0.1, -0.05) is 39.0 Å². The standard InChI is InChI=1S/C14H22N2O2/c1-2-3-4-5-6-7-10-18-14(17)13-9-8-12(15)11-16-13/h8-9,11H,2-7,10,15H2,1H3. The van der Waals surface area contributed by atoms with Crippen LogP contribution in [0.15, 0.2) is 18.3 Å². The molecule has 0 amide bonds. The van der Waals surface area contributed by atoms with Gasteiger partial charge in [-0.25, -0.2) is 9.78 Å². The Labute approximate surface area is 109 Å². The number of hydrogen-bond acceptors (Lipinski definition) is 4. The van der Waals surface area contributed by atoms with Crippen LogP contribution in [0.5, 0.6) is 0 Å². The molecule has 1 rings (SSSR count). The molecule has 0 aliphatic heterocycles. The van der Waals surface area contributed by atoms with Crippen LogP contribution < -0.4 is 5.73 Å². The summed E-state index contributed by atoms with van der Waals surface area (Å²) in [7, 11) is 0. The summed E-state index contributed by atoms with van der Waals surface area (Å²) in [6, 6.07) is 3.23. The first-order valence-corrected chi connectivity index (χ1v) is 6.62. The molecule has 4 heteroatoms. The third-order valence-electron chi connectivity index (χ3n) is 2.73. The highest BCUT2D eigenvalue weighted by Gasteiger charge is 2.07. The largest absolute Gasteiger partial charge is 0.461 e. The number of aromatic nitrogens is 1. The van der Waals surface area contributed by atoms with Gasteiger partial charge >= 0.3 is 5.97 Å². The Hall–Kier alpha value is -1.58. The van der Waals surface area contributed by atoms with Gasteiger partial charge < -0.3 is 10.5 Å². The number of rotatable bonds is 8. The molecule has 18 heavy (non-hydrogen) atoms. The predicted molar refractivity (Wildman–Crippen MR) is 72.3 cm³/mol. The zero-order valence-electron chi connectivity index (χ0n) is 11.0. The fraction of sp³-hybridized carbons (Fsp3) is 0.571. The van der Waals surface area contributed by atoms with Crippen LogP contribution in [0.25, 0.3) is 0 Å². The van der Waals surface area contributed by atoms with Gasteiger partial charge in [0.1, 0.15) is 5.69 Å². The van der Waals surface area contributed by atoms with Gasteiger partial charge in [0.15, 0.2) is 0 Å². The van der Waals surface area contributed by atoms with E-state index in [1.165, 1.54) is 31.9 Å². The summed E-state index contributed by atoms with van der Waals surface area (Å²) in [4.78, 5) is 15.5. The van der Waals surface area contributed by atoms with Crippen LogP contribution in [0.2, 0.25) is 0 Å². The zero-order valence-corrected chi connectivity index (χ0v) is 11.0. The van der Waals surface area contributed by atoms with Crippen LogP contribution in [0.1, 0.15) is 55.9 Å². The Morgan fingerprint density at radius 3 is 2.61 bits per heavy atom. The number of nitrogens with zero attached hydrogens (tertiary/aromatic N) is 1. The number of esters is 1. The number of anilines is 1. The molecule has 2 N–H and O–H groups in total. The number of carbonyl (C=O) groups is 1. The van der Waals surface area contributed by atoms with E-state index >= 15 is 0 Å². The summed E-state index contributed by atoms with van der Waals surface area (Å²) < 4.78 is 5.13. The lowest BCUT2D eigenvalue weighted by Gasteiger charge is -2.04. The molecule has 0 unspecified atom stereocenters. The van der Waals surface area contributed by atoms with E-state index in [1.54, 1.807) is 12.1 Å². The second kappa shape index (κ2) is 8.50. The normalized spacial score (nSPS) is 10.3. The lowest BCUT2D eigenvalue weighted by molar-refractivity contribution is 0.0491. The molecule has 0 atom stereocenters. The third-order valence-corrected chi connectivity index (χ3v) is 2.73. The van der Waals surface area contributed by atoms with Crippen molar-refractivity contribution in [3.63, 3.8) is 0 Å². The molecule has 0 aliphatic carbocycles. The van der Waals surface area contributed by atoms with E-state index in [-0.39, 0.29) is 5.97 Å². The van der Waals surface area contributed by atoms with Gasteiger partial charge in [-0.05, 0) is 18.6 Å². The maximum Gasteiger partial charge on any atom is 0.356 e. The Balaban J connectivity index is 2.12. The molecule has 4 nitrogen and oxygen atoms in total. The van der Waals surface area contributed by atoms with E-state index in [0.29, 0.717) is 18.0 Å². The first-order chi connectivity index (χ1) is 8.74. The molecule has 100 valence electrons. The first kappa shape index (κ1) is 14.5. The molecule has 0 fully saturated rings. The molecule has 0 aromatic carbocycles. The van der Waals surface area contributed by atoms with Crippen molar-refractivity contribution in [1.82, 2.24) is 4.98 Å². The van der Waals surface area contributed by atoms with Crippen molar-refractivity contribution in [3.8, 4) is 0 Å². The van der Waals surface area contributed by atoms with Crippen molar-refractivity contribution in [2.75, 3.05) is 12.3 Å². The third kappa shape index (κ3) is 5.66. The predicted octanol–water partition coefficient (Wildman–Crippen LogP) is 3.18. The number of nitrogens with two attached hydrogens (primary N) is 1. The number of nitrogen functional groups attached to an aromatic ring is 1.